The van der Waals surface area contributed by atoms with E-state index < -0.39 is 6.04 Å². The smallest absolute Gasteiger partial charge is 0.242 e. The fraction of sp³-hybridized carbons (Fsp3) is 0.417. The first-order valence-corrected chi connectivity index (χ1v) is 11.4. The van der Waals surface area contributed by atoms with Gasteiger partial charge < -0.3 is 19.7 Å². The van der Waals surface area contributed by atoms with E-state index in [0.29, 0.717) is 12.3 Å². The van der Waals surface area contributed by atoms with Crippen molar-refractivity contribution in [3.05, 3.63) is 59.7 Å². The van der Waals surface area contributed by atoms with E-state index in [9.17, 15) is 9.59 Å². The summed E-state index contributed by atoms with van der Waals surface area (Å²) in [6.45, 7) is 5.92. The zero-order valence-corrected chi connectivity index (χ0v) is 19.7. The Morgan fingerprint density at radius 2 is 1.65 bits per heavy atom. The molecule has 0 saturated heterocycles. The van der Waals surface area contributed by atoms with E-state index >= 15 is 0 Å². The van der Waals surface area contributed by atoms with Gasteiger partial charge in [0.2, 0.25) is 11.8 Å². The molecule has 2 aromatic rings. The number of nitrogens with one attached hydrogen (secondary N) is 1. The van der Waals surface area contributed by atoms with Gasteiger partial charge in [-0.25, -0.2) is 0 Å². The van der Waals surface area contributed by atoms with Gasteiger partial charge in [-0.1, -0.05) is 24.3 Å². The van der Waals surface area contributed by atoms with Gasteiger partial charge in [0.15, 0.2) is 0 Å². The minimum absolute atomic E-state index is 0.00756. The molecule has 0 fully saturated rings. The van der Waals surface area contributed by atoms with Crippen LogP contribution in [-0.2, 0) is 21.9 Å². The molecule has 0 aromatic heterocycles. The normalized spacial score (nSPS) is 11.7. The Hall–Kier alpha value is -2.67. The number of carbonyl (C=O) groups is 2. The average Bonchev–Trinajstić information content (AvgIpc) is 2.77. The van der Waals surface area contributed by atoms with Crippen LogP contribution in [0.25, 0.3) is 0 Å². The van der Waals surface area contributed by atoms with Crippen molar-refractivity contribution in [3.8, 4) is 11.5 Å². The average molecular weight is 445 g/mol. The van der Waals surface area contributed by atoms with Crippen LogP contribution in [0.5, 0.6) is 11.5 Å². The lowest BCUT2D eigenvalue weighted by atomic mass is 10.1. The van der Waals surface area contributed by atoms with Crippen molar-refractivity contribution in [1.29, 1.82) is 0 Å². The fourth-order valence-electron chi connectivity index (χ4n) is 3.02. The van der Waals surface area contributed by atoms with E-state index in [4.69, 9.17) is 9.47 Å². The van der Waals surface area contributed by atoms with Crippen molar-refractivity contribution in [2.24, 2.45) is 0 Å². The lowest BCUT2D eigenvalue weighted by molar-refractivity contribution is -0.138. The van der Waals surface area contributed by atoms with E-state index in [1.165, 1.54) is 11.8 Å². The molecule has 168 valence electrons. The maximum atomic E-state index is 13.1. The van der Waals surface area contributed by atoms with Crippen LogP contribution in [0.15, 0.2) is 48.5 Å². The van der Waals surface area contributed by atoms with E-state index in [-0.39, 0.29) is 23.6 Å². The molecule has 0 bridgehead atoms. The molecule has 0 aliphatic rings. The van der Waals surface area contributed by atoms with Crippen molar-refractivity contribution < 1.29 is 19.1 Å². The number of carbonyl (C=O) groups excluding carboxylic acids is 2. The topological polar surface area (TPSA) is 67.9 Å². The third kappa shape index (κ3) is 7.83. The van der Waals surface area contributed by atoms with Gasteiger partial charge in [-0.2, -0.15) is 0 Å². The molecule has 0 saturated carbocycles. The van der Waals surface area contributed by atoms with Crippen LogP contribution in [0.3, 0.4) is 0 Å². The molecule has 0 radical (unpaired) electrons. The van der Waals surface area contributed by atoms with Gasteiger partial charge in [-0.15, -0.1) is 11.8 Å². The summed E-state index contributed by atoms with van der Waals surface area (Å²) in [6, 6.07) is 14.8. The molecule has 2 rings (SSSR count). The van der Waals surface area contributed by atoms with Crippen LogP contribution in [0.1, 0.15) is 31.9 Å². The van der Waals surface area contributed by atoms with Crippen LogP contribution >= 0.6 is 11.8 Å². The van der Waals surface area contributed by atoms with E-state index in [0.717, 1.165) is 22.6 Å². The van der Waals surface area contributed by atoms with Crippen molar-refractivity contribution in [2.75, 3.05) is 20.0 Å². The lowest BCUT2D eigenvalue weighted by Crippen LogP contribution is -2.49. The first-order valence-electron chi connectivity index (χ1n) is 10.3. The quantitative estimate of drug-likeness (QED) is 0.570. The molecule has 31 heavy (non-hydrogen) atoms. The highest BCUT2D eigenvalue weighted by molar-refractivity contribution is 7.99. The van der Waals surface area contributed by atoms with Gasteiger partial charge in [0.25, 0.3) is 0 Å². The van der Waals surface area contributed by atoms with Crippen molar-refractivity contribution in [3.63, 3.8) is 0 Å². The molecule has 0 heterocycles. The summed E-state index contributed by atoms with van der Waals surface area (Å²) in [6.07, 6.45) is 0. The van der Waals surface area contributed by atoms with Crippen LogP contribution in [0.4, 0.5) is 0 Å². The molecule has 2 amide bonds. The standard InChI is InChI=1S/C24H32N2O4S/c1-17(2)25-24(28)18(3)26(14-20-7-6-8-22(13-20)30-5)23(27)16-31-15-19-9-11-21(29-4)12-10-19/h6-13,17-18H,14-16H2,1-5H3,(H,25,28)/t18-/m1/s1. The number of hydrogen-bond acceptors (Lipinski definition) is 5. The van der Waals surface area contributed by atoms with Gasteiger partial charge in [-0.05, 0) is 56.2 Å². The maximum Gasteiger partial charge on any atom is 0.242 e. The number of hydrogen-bond donors (Lipinski definition) is 1. The number of amides is 2. The summed E-state index contributed by atoms with van der Waals surface area (Å²) >= 11 is 1.53. The fourth-order valence-corrected chi connectivity index (χ4v) is 3.89. The Morgan fingerprint density at radius 3 is 2.26 bits per heavy atom. The summed E-state index contributed by atoms with van der Waals surface area (Å²) in [7, 11) is 3.24. The molecule has 2 aromatic carbocycles. The van der Waals surface area contributed by atoms with Crippen molar-refractivity contribution in [1.82, 2.24) is 10.2 Å². The summed E-state index contributed by atoms with van der Waals surface area (Å²) in [5.41, 5.74) is 2.03. The van der Waals surface area contributed by atoms with Crippen LogP contribution in [-0.4, -0.2) is 48.8 Å². The third-order valence-corrected chi connectivity index (χ3v) is 5.73. The highest BCUT2D eigenvalue weighted by Crippen LogP contribution is 2.20. The molecular formula is C24H32N2O4S. The second-order valence-electron chi connectivity index (χ2n) is 7.55. The van der Waals surface area contributed by atoms with Crippen molar-refractivity contribution in [2.45, 2.75) is 45.2 Å². The van der Waals surface area contributed by atoms with Gasteiger partial charge in [0, 0.05) is 18.3 Å². The first-order chi connectivity index (χ1) is 14.8. The van der Waals surface area contributed by atoms with Crippen molar-refractivity contribution >= 4 is 23.6 Å². The molecule has 0 aliphatic heterocycles. The predicted octanol–water partition coefficient (Wildman–Crippen LogP) is 3.88. The SMILES string of the molecule is COc1ccc(CSCC(=O)N(Cc2cccc(OC)c2)[C@H](C)C(=O)NC(C)C)cc1. The zero-order chi connectivity index (χ0) is 22.8. The molecule has 0 aliphatic carbocycles. The molecule has 0 unspecified atom stereocenters. The largest absolute Gasteiger partial charge is 0.497 e. The van der Waals surface area contributed by atoms with Crippen LogP contribution < -0.4 is 14.8 Å². The number of benzene rings is 2. The van der Waals surface area contributed by atoms with E-state index in [2.05, 4.69) is 5.32 Å². The summed E-state index contributed by atoms with van der Waals surface area (Å²) in [5.74, 6) is 2.28. The number of thioether (sulfide) groups is 1. The molecule has 0 spiro atoms. The number of ether oxygens (including phenoxy) is 2. The summed E-state index contributed by atoms with van der Waals surface area (Å²) < 4.78 is 10.5. The molecule has 6 nitrogen and oxygen atoms in total. The van der Waals surface area contributed by atoms with Crippen LogP contribution in [0, 0.1) is 0 Å². The highest BCUT2D eigenvalue weighted by atomic mass is 32.2. The summed E-state index contributed by atoms with van der Waals surface area (Å²) in [5, 5.41) is 2.90. The lowest BCUT2D eigenvalue weighted by Gasteiger charge is -2.29. The second kappa shape index (κ2) is 12.2. The Morgan fingerprint density at radius 1 is 0.968 bits per heavy atom. The first kappa shape index (κ1) is 24.6. The minimum atomic E-state index is -0.581. The maximum absolute atomic E-state index is 13.1. The highest BCUT2D eigenvalue weighted by Gasteiger charge is 2.26. The number of rotatable bonds is 11. The Bertz CT molecular complexity index is 855. The Kier molecular flexibility index (Phi) is 9.72. The zero-order valence-electron chi connectivity index (χ0n) is 18.9. The molecular weight excluding hydrogens is 412 g/mol. The third-order valence-electron chi connectivity index (χ3n) is 4.74. The second-order valence-corrected chi connectivity index (χ2v) is 8.54. The molecule has 1 N–H and O–H groups in total. The van der Waals surface area contributed by atoms with Crippen LogP contribution in [0.2, 0.25) is 0 Å². The molecule has 1 atom stereocenters. The summed E-state index contributed by atoms with van der Waals surface area (Å²) in [4.78, 5) is 27.4. The minimum Gasteiger partial charge on any atom is -0.497 e. The Balaban J connectivity index is 2.07. The number of methoxy groups -OCH3 is 2. The van der Waals surface area contributed by atoms with E-state index in [1.54, 1.807) is 26.0 Å². The number of nitrogens with zero attached hydrogens (tertiary/aromatic N) is 1. The van der Waals surface area contributed by atoms with Gasteiger partial charge >= 0.3 is 0 Å². The van der Waals surface area contributed by atoms with E-state index in [1.807, 2.05) is 62.4 Å². The molecule has 7 heteroatoms. The van der Waals surface area contributed by atoms with Gasteiger partial charge in [0.1, 0.15) is 17.5 Å². The van der Waals surface area contributed by atoms with Gasteiger partial charge in [-0.3, -0.25) is 9.59 Å². The monoisotopic (exact) mass is 444 g/mol. The Labute approximate surface area is 189 Å². The predicted molar refractivity (Wildman–Crippen MR) is 125 cm³/mol. The van der Waals surface area contributed by atoms with Gasteiger partial charge in [0.05, 0.1) is 20.0 Å².